The number of ether oxygens (including phenoxy) is 4. The second kappa shape index (κ2) is 14.3. The third kappa shape index (κ3) is 6.93. The molecule has 1 atom stereocenters. The van der Waals surface area contributed by atoms with Gasteiger partial charge in [-0.05, 0) is 84.8 Å². The number of hydrogen-bond donors (Lipinski definition) is 2. The van der Waals surface area contributed by atoms with Crippen LogP contribution in [0.2, 0.25) is 0 Å². The summed E-state index contributed by atoms with van der Waals surface area (Å²) >= 11 is 5.04. The van der Waals surface area contributed by atoms with E-state index < -0.39 is 29.7 Å². The number of nitrogens with zero attached hydrogens (tertiary/aromatic N) is 1. The van der Waals surface area contributed by atoms with Crippen molar-refractivity contribution >= 4 is 61.0 Å². The van der Waals surface area contributed by atoms with Gasteiger partial charge in [-0.2, -0.15) is 0 Å². The quantitative estimate of drug-likeness (QED) is 0.105. The Balaban J connectivity index is 0.877. The molecule has 4 aromatic carbocycles. The molecular formula is C37H29BrN2O9S. The van der Waals surface area contributed by atoms with Crippen LogP contribution in [0.1, 0.15) is 33.6 Å². The zero-order valence-corrected chi connectivity index (χ0v) is 28.8. The minimum absolute atomic E-state index is 0.0566. The highest BCUT2D eigenvalue weighted by Gasteiger charge is 2.44. The minimum atomic E-state index is -1.02. The molecule has 0 spiro atoms. The van der Waals surface area contributed by atoms with E-state index in [0.717, 1.165) is 29.9 Å². The van der Waals surface area contributed by atoms with Crippen LogP contribution in [0, 0.1) is 0 Å². The fourth-order valence-electron chi connectivity index (χ4n) is 5.75. The summed E-state index contributed by atoms with van der Waals surface area (Å²) < 4.78 is 25.5. The van der Waals surface area contributed by atoms with Crippen molar-refractivity contribution in [3.05, 3.63) is 101 Å². The number of rotatable bonds is 12. The second-order valence-electron chi connectivity index (χ2n) is 11.5. The first kappa shape index (κ1) is 33.3. The zero-order valence-electron chi connectivity index (χ0n) is 26.3. The fourth-order valence-corrected chi connectivity index (χ4v) is 7.19. The average Bonchev–Trinajstić information content (AvgIpc) is 3.58. The highest BCUT2D eigenvalue weighted by atomic mass is 79.9. The van der Waals surface area contributed by atoms with E-state index >= 15 is 0 Å². The van der Waals surface area contributed by atoms with Crippen LogP contribution in [0.25, 0.3) is 20.5 Å². The third-order valence-corrected chi connectivity index (χ3v) is 9.89. The van der Waals surface area contributed by atoms with Crippen LogP contribution in [-0.4, -0.2) is 66.1 Å². The molecule has 254 valence electrons. The molecule has 5 aromatic rings. The Morgan fingerprint density at radius 2 is 1.46 bits per heavy atom. The van der Waals surface area contributed by atoms with Crippen LogP contribution >= 0.6 is 27.3 Å². The maximum atomic E-state index is 13.0. The lowest BCUT2D eigenvalue weighted by molar-refractivity contribution is -0.136. The van der Waals surface area contributed by atoms with Crippen LogP contribution in [0.5, 0.6) is 28.7 Å². The molecule has 50 heavy (non-hydrogen) atoms. The van der Waals surface area contributed by atoms with Crippen molar-refractivity contribution in [2.75, 3.05) is 26.4 Å². The van der Waals surface area contributed by atoms with Gasteiger partial charge in [0, 0.05) is 21.0 Å². The van der Waals surface area contributed by atoms with Gasteiger partial charge < -0.3 is 24.1 Å². The Kier molecular flexibility index (Phi) is 9.52. The number of benzene rings is 4. The van der Waals surface area contributed by atoms with Crippen molar-refractivity contribution in [2.24, 2.45) is 0 Å². The zero-order chi connectivity index (χ0) is 34.8. The number of halogens is 1. The van der Waals surface area contributed by atoms with Gasteiger partial charge in [-0.15, -0.1) is 11.3 Å². The SMILES string of the molecule is O=C1CCC(N2C(=O)c3ccc(OCCOCCOc4ccc(Oc5c(-c6ccc(Br)cc6)sc6cc(O)ccc56)cc4)cc3C2=O)C(=O)N1. The molecule has 11 nitrogen and oxygen atoms in total. The number of amides is 4. The minimum Gasteiger partial charge on any atom is -0.508 e. The molecule has 2 aliphatic heterocycles. The van der Waals surface area contributed by atoms with Crippen LogP contribution in [-0.2, 0) is 14.3 Å². The smallest absolute Gasteiger partial charge is 0.262 e. The van der Waals surface area contributed by atoms with Crippen molar-refractivity contribution in [3.8, 4) is 39.2 Å². The lowest BCUT2D eigenvalue weighted by atomic mass is 10.0. The number of phenolic OH excluding ortho intramolecular Hbond substituents is 1. The number of piperidine rings is 1. The van der Waals surface area contributed by atoms with Crippen LogP contribution in [0.15, 0.2) is 89.4 Å². The molecule has 0 bridgehead atoms. The Morgan fingerprint density at radius 3 is 2.20 bits per heavy atom. The number of thiophene rings is 1. The first-order valence-corrected chi connectivity index (χ1v) is 17.3. The number of phenols is 1. The molecule has 1 saturated heterocycles. The monoisotopic (exact) mass is 756 g/mol. The summed E-state index contributed by atoms with van der Waals surface area (Å²) in [6, 6.07) is 24.1. The predicted molar refractivity (Wildman–Crippen MR) is 188 cm³/mol. The number of hydrogen-bond acceptors (Lipinski definition) is 10. The molecule has 3 heterocycles. The molecule has 1 aromatic heterocycles. The van der Waals surface area contributed by atoms with E-state index in [2.05, 4.69) is 21.2 Å². The summed E-state index contributed by atoms with van der Waals surface area (Å²) in [6.45, 7) is 1.07. The summed E-state index contributed by atoms with van der Waals surface area (Å²) in [5, 5.41) is 13.1. The largest absolute Gasteiger partial charge is 0.508 e. The van der Waals surface area contributed by atoms with E-state index in [-0.39, 0.29) is 42.9 Å². The first-order chi connectivity index (χ1) is 24.2. The number of carbonyl (C=O) groups excluding carboxylic acids is 4. The topological polar surface area (TPSA) is 141 Å². The fraction of sp³-hybridized carbons (Fsp3) is 0.189. The van der Waals surface area contributed by atoms with E-state index in [1.165, 1.54) is 12.1 Å². The van der Waals surface area contributed by atoms with E-state index in [4.69, 9.17) is 18.9 Å². The Bertz CT molecular complexity index is 2110. The van der Waals surface area contributed by atoms with Gasteiger partial charge in [-0.3, -0.25) is 29.4 Å². The van der Waals surface area contributed by atoms with E-state index in [0.29, 0.717) is 36.2 Å². The Labute approximate surface area is 298 Å². The van der Waals surface area contributed by atoms with Gasteiger partial charge in [-0.1, -0.05) is 28.1 Å². The summed E-state index contributed by atoms with van der Waals surface area (Å²) in [5.41, 5.74) is 1.34. The van der Waals surface area contributed by atoms with Gasteiger partial charge >= 0.3 is 0 Å². The standard InChI is InChI=1S/C37H29BrN2O9S/c38-22-3-1-21(2-4-22)34-33(28-11-5-23(41)19-31(28)50-34)49-25-8-6-24(7-9-25)47-17-15-46-16-18-48-26-10-12-27-29(20-26)37(45)40(36(27)44)30-13-14-32(42)39-35(30)43/h1-12,19-20,30,41H,13-18H2,(H,39,42,43). The number of nitrogens with one attached hydrogen (secondary N) is 1. The maximum absolute atomic E-state index is 13.0. The Morgan fingerprint density at radius 1 is 0.780 bits per heavy atom. The number of imide groups is 2. The highest BCUT2D eigenvalue weighted by Crippen LogP contribution is 2.47. The summed E-state index contributed by atoms with van der Waals surface area (Å²) in [7, 11) is 0. The molecule has 0 radical (unpaired) electrons. The summed E-state index contributed by atoms with van der Waals surface area (Å²) in [5.74, 6) is 0.337. The van der Waals surface area contributed by atoms with Crippen molar-refractivity contribution in [1.82, 2.24) is 10.2 Å². The normalized spacial score (nSPS) is 15.7. The Hall–Kier alpha value is -5.24. The number of fused-ring (bicyclic) bond motifs is 2. The molecule has 1 unspecified atom stereocenters. The molecule has 1 fully saturated rings. The molecule has 13 heteroatoms. The van der Waals surface area contributed by atoms with Gasteiger partial charge in [0.1, 0.15) is 42.3 Å². The summed E-state index contributed by atoms with van der Waals surface area (Å²) in [6.07, 6.45) is 0.149. The molecule has 0 aliphatic carbocycles. The van der Waals surface area contributed by atoms with Gasteiger partial charge in [0.05, 0.1) is 29.2 Å². The maximum Gasteiger partial charge on any atom is 0.262 e. The van der Waals surface area contributed by atoms with E-state index in [9.17, 15) is 24.3 Å². The number of carbonyl (C=O) groups is 4. The molecule has 0 saturated carbocycles. The third-order valence-electron chi connectivity index (χ3n) is 8.18. The molecular weight excluding hydrogens is 728 g/mol. The average molecular weight is 758 g/mol. The lowest BCUT2D eigenvalue weighted by Crippen LogP contribution is -2.54. The second-order valence-corrected chi connectivity index (χ2v) is 13.5. The first-order valence-electron chi connectivity index (χ1n) is 15.7. The molecule has 4 amide bonds. The van der Waals surface area contributed by atoms with Gasteiger partial charge in [-0.25, -0.2) is 0 Å². The number of aromatic hydroxyl groups is 1. The van der Waals surface area contributed by atoms with Crippen LogP contribution < -0.4 is 19.5 Å². The van der Waals surface area contributed by atoms with E-state index in [1.54, 1.807) is 29.5 Å². The van der Waals surface area contributed by atoms with Crippen molar-refractivity contribution in [2.45, 2.75) is 18.9 Å². The molecule has 2 N–H and O–H groups in total. The van der Waals surface area contributed by atoms with Crippen molar-refractivity contribution in [1.29, 1.82) is 0 Å². The van der Waals surface area contributed by atoms with Crippen molar-refractivity contribution in [3.63, 3.8) is 0 Å². The molecule has 7 rings (SSSR count). The summed E-state index contributed by atoms with van der Waals surface area (Å²) in [4.78, 5) is 51.5. The van der Waals surface area contributed by atoms with Gasteiger partial charge in [0.2, 0.25) is 11.8 Å². The highest BCUT2D eigenvalue weighted by molar-refractivity contribution is 9.10. The van der Waals surface area contributed by atoms with E-state index in [1.807, 2.05) is 54.6 Å². The van der Waals surface area contributed by atoms with Crippen LogP contribution in [0.4, 0.5) is 0 Å². The van der Waals surface area contributed by atoms with Gasteiger partial charge in [0.15, 0.2) is 5.75 Å². The van der Waals surface area contributed by atoms with Crippen molar-refractivity contribution < 1.29 is 43.2 Å². The predicted octanol–water partition coefficient (Wildman–Crippen LogP) is 6.70. The lowest BCUT2D eigenvalue weighted by Gasteiger charge is -2.27. The molecule has 2 aliphatic rings. The van der Waals surface area contributed by atoms with Gasteiger partial charge in [0.25, 0.3) is 11.8 Å². The van der Waals surface area contributed by atoms with Crippen LogP contribution in [0.3, 0.4) is 0 Å².